The predicted molar refractivity (Wildman–Crippen MR) is 99.8 cm³/mol. The Hall–Kier alpha value is -0.990. The summed E-state index contributed by atoms with van der Waals surface area (Å²) in [6.45, 7) is 0.779. The first-order chi connectivity index (χ1) is 14.2. The van der Waals surface area contributed by atoms with E-state index >= 15 is 0 Å². The highest BCUT2D eigenvalue weighted by Crippen LogP contribution is 2.56. The first kappa shape index (κ1) is 26.3. The standard InChI is InChI=1S/C12H21N2O14P3/c1-22-12(6-4-10(24-12)14-7-5-9(15)13-11(14)16)8-23-31(20,21)28-27-30(3,19)26-25-29(2,17)18/h5,7,10H,4,6,8H2,1-3H3,(H,17,18)(H,20,21)(H,13,15,16)/t10-,12+,30?/m1/s1. The molecule has 2 rings (SSSR count). The average molecular weight is 510 g/mol. The van der Waals surface area contributed by atoms with Crippen molar-refractivity contribution in [3.05, 3.63) is 33.1 Å². The maximum absolute atomic E-state index is 12.0. The molecule has 1 aromatic heterocycles. The van der Waals surface area contributed by atoms with Gasteiger partial charge in [-0.25, -0.2) is 9.36 Å². The van der Waals surface area contributed by atoms with Gasteiger partial charge in [-0.05, 0) is 6.42 Å². The number of nitrogens with one attached hydrogen (secondary N) is 1. The van der Waals surface area contributed by atoms with Gasteiger partial charge in [-0.15, -0.1) is 18.7 Å². The van der Waals surface area contributed by atoms with Crippen molar-refractivity contribution in [1.29, 1.82) is 0 Å². The Balaban J connectivity index is 1.95. The predicted octanol–water partition coefficient (Wildman–Crippen LogP) is 0.840. The van der Waals surface area contributed by atoms with Gasteiger partial charge in [-0.1, -0.05) is 0 Å². The number of hydrogen-bond donors (Lipinski definition) is 3. The van der Waals surface area contributed by atoms with Gasteiger partial charge >= 0.3 is 28.7 Å². The zero-order chi connectivity index (χ0) is 23.5. The minimum atomic E-state index is -5.01. The molecular weight excluding hydrogens is 489 g/mol. The number of aromatic nitrogens is 2. The molecular formula is C12H21N2O14P3. The number of phosphoric acid groups is 1. The van der Waals surface area contributed by atoms with E-state index < -0.39 is 52.9 Å². The van der Waals surface area contributed by atoms with Crippen molar-refractivity contribution in [2.75, 3.05) is 27.0 Å². The van der Waals surface area contributed by atoms with E-state index in [4.69, 9.17) is 18.9 Å². The summed E-state index contributed by atoms with van der Waals surface area (Å²) >= 11 is 0. The number of phosphoric ester groups is 1. The van der Waals surface area contributed by atoms with Crippen molar-refractivity contribution in [3.8, 4) is 0 Å². The molecule has 0 aliphatic carbocycles. The zero-order valence-electron chi connectivity index (χ0n) is 16.4. The fourth-order valence-corrected chi connectivity index (χ4v) is 4.54. The number of aromatic amines is 1. The molecule has 3 unspecified atom stereocenters. The summed E-state index contributed by atoms with van der Waals surface area (Å²) < 4.78 is 67.7. The highest BCUT2D eigenvalue weighted by Gasteiger charge is 2.44. The van der Waals surface area contributed by atoms with Crippen molar-refractivity contribution < 1.29 is 56.2 Å². The molecule has 5 atom stereocenters. The topological polar surface area (TPSA) is 211 Å². The highest BCUT2D eigenvalue weighted by atomic mass is 31.2. The molecule has 31 heavy (non-hydrogen) atoms. The van der Waals surface area contributed by atoms with E-state index in [1.54, 1.807) is 0 Å². The van der Waals surface area contributed by atoms with Gasteiger partial charge in [-0.2, -0.15) is 0 Å². The van der Waals surface area contributed by atoms with Gasteiger partial charge in [-0.3, -0.25) is 28.0 Å². The second-order valence-electron chi connectivity index (χ2n) is 6.36. The Bertz CT molecular complexity index is 1030. The number of ether oxygens (including phenoxy) is 2. The van der Waals surface area contributed by atoms with Gasteiger partial charge in [0.2, 0.25) is 0 Å². The van der Waals surface area contributed by atoms with Crippen molar-refractivity contribution in [3.63, 3.8) is 0 Å². The van der Waals surface area contributed by atoms with Crippen LogP contribution in [0.4, 0.5) is 0 Å². The summed E-state index contributed by atoms with van der Waals surface area (Å²) in [6, 6.07) is 1.12. The minimum absolute atomic E-state index is 0.117. The van der Waals surface area contributed by atoms with E-state index in [9.17, 15) is 28.2 Å². The van der Waals surface area contributed by atoms with Gasteiger partial charge < -0.3 is 19.3 Å². The zero-order valence-corrected chi connectivity index (χ0v) is 19.1. The van der Waals surface area contributed by atoms with Gasteiger partial charge in [0, 0.05) is 39.1 Å². The molecule has 2 heterocycles. The Morgan fingerprint density at radius 2 is 1.84 bits per heavy atom. The van der Waals surface area contributed by atoms with Crippen LogP contribution in [0.5, 0.6) is 0 Å². The number of H-pyrrole nitrogens is 1. The fraction of sp³-hybridized carbons (Fsp3) is 0.667. The molecule has 0 saturated carbocycles. The maximum Gasteiger partial charge on any atom is 0.500 e. The normalized spacial score (nSPS) is 27.3. The first-order valence-corrected chi connectivity index (χ1v) is 13.8. The quantitative estimate of drug-likeness (QED) is 0.214. The van der Waals surface area contributed by atoms with Crippen molar-refractivity contribution in [2.24, 2.45) is 0 Å². The van der Waals surface area contributed by atoms with Crippen LogP contribution in [0.25, 0.3) is 0 Å². The molecule has 19 heteroatoms. The van der Waals surface area contributed by atoms with Crippen LogP contribution in [0.15, 0.2) is 21.9 Å². The summed E-state index contributed by atoms with van der Waals surface area (Å²) in [5.74, 6) is -1.57. The molecule has 178 valence electrons. The first-order valence-electron chi connectivity index (χ1n) is 8.31. The smallest absolute Gasteiger partial charge is 0.351 e. The fourth-order valence-electron chi connectivity index (χ4n) is 2.31. The van der Waals surface area contributed by atoms with Crippen molar-refractivity contribution >= 4 is 23.0 Å². The molecule has 0 radical (unpaired) electrons. The molecule has 0 bridgehead atoms. The number of methoxy groups -OCH3 is 1. The van der Waals surface area contributed by atoms with E-state index in [1.807, 2.05) is 0 Å². The van der Waals surface area contributed by atoms with E-state index in [2.05, 4.69) is 23.7 Å². The third kappa shape index (κ3) is 8.13. The summed E-state index contributed by atoms with van der Waals surface area (Å²) in [6.07, 6.45) is 0.692. The van der Waals surface area contributed by atoms with Crippen LogP contribution in [0, 0.1) is 0 Å². The van der Waals surface area contributed by atoms with E-state index in [0.717, 1.165) is 24.0 Å². The van der Waals surface area contributed by atoms with E-state index in [-0.39, 0.29) is 12.8 Å². The molecule has 1 aromatic rings. The van der Waals surface area contributed by atoms with Gasteiger partial charge in [0.05, 0.1) is 0 Å². The molecule has 1 aliphatic rings. The largest absolute Gasteiger partial charge is 0.500 e. The Kier molecular flexibility index (Phi) is 8.37. The molecule has 16 nitrogen and oxygen atoms in total. The lowest BCUT2D eigenvalue weighted by molar-refractivity contribution is -0.245. The monoisotopic (exact) mass is 510 g/mol. The van der Waals surface area contributed by atoms with Gasteiger partial charge in [0.25, 0.3) is 5.56 Å². The Morgan fingerprint density at radius 3 is 2.42 bits per heavy atom. The van der Waals surface area contributed by atoms with Gasteiger partial charge in [0.1, 0.15) is 12.8 Å². The van der Waals surface area contributed by atoms with Crippen LogP contribution >= 0.6 is 23.0 Å². The van der Waals surface area contributed by atoms with Crippen molar-refractivity contribution in [2.45, 2.75) is 24.9 Å². The number of rotatable bonds is 11. The molecule has 0 aromatic carbocycles. The second kappa shape index (κ2) is 9.87. The third-order valence-corrected chi connectivity index (χ3v) is 5.67. The van der Waals surface area contributed by atoms with Crippen LogP contribution in [0.2, 0.25) is 0 Å². The number of nitrogens with zero attached hydrogens (tertiary/aromatic N) is 1. The lowest BCUT2D eigenvalue weighted by Gasteiger charge is -2.28. The minimum Gasteiger partial charge on any atom is -0.351 e. The molecule has 1 saturated heterocycles. The van der Waals surface area contributed by atoms with Crippen LogP contribution in [0.3, 0.4) is 0 Å². The van der Waals surface area contributed by atoms with E-state index in [0.29, 0.717) is 0 Å². The molecule has 1 aliphatic heterocycles. The van der Waals surface area contributed by atoms with E-state index in [1.165, 1.54) is 13.3 Å². The van der Waals surface area contributed by atoms with Crippen LogP contribution in [-0.2, 0) is 46.4 Å². The van der Waals surface area contributed by atoms with Crippen LogP contribution in [-0.4, -0.2) is 52.2 Å². The second-order valence-corrected chi connectivity index (χ2v) is 11.3. The Labute approximate surface area is 174 Å². The SMILES string of the molecule is CO[C@@]1(COP(=O)(O)OOP(C)(=O)OOP(C)(=O)O)CC[C@H](n2ccc(=O)[nH]c2=O)O1. The van der Waals surface area contributed by atoms with Crippen molar-refractivity contribution in [1.82, 2.24) is 9.55 Å². The molecule has 3 N–H and O–H groups in total. The Morgan fingerprint density at radius 1 is 1.19 bits per heavy atom. The summed E-state index contributed by atoms with van der Waals surface area (Å²) in [4.78, 5) is 43.7. The maximum atomic E-state index is 12.0. The molecule has 0 amide bonds. The third-order valence-electron chi connectivity index (χ3n) is 3.67. The average Bonchev–Trinajstić information content (AvgIpc) is 3.08. The summed E-state index contributed by atoms with van der Waals surface area (Å²) in [5, 5.41) is 0. The summed E-state index contributed by atoms with van der Waals surface area (Å²) in [7, 11) is -12.3. The lowest BCUT2D eigenvalue weighted by atomic mass is 10.2. The van der Waals surface area contributed by atoms with Crippen LogP contribution < -0.4 is 11.2 Å². The summed E-state index contributed by atoms with van der Waals surface area (Å²) in [5.41, 5.74) is -1.32. The van der Waals surface area contributed by atoms with Crippen LogP contribution in [0.1, 0.15) is 19.1 Å². The highest BCUT2D eigenvalue weighted by molar-refractivity contribution is 7.55. The van der Waals surface area contributed by atoms with Gasteiger partial charge in [0.15, 0.2) is 5.79 Å². The molecule has 0 spiro atoms. The molecule has 1 fully saturated rings. The number of hydrogen-bond acceptors (Lipinski definition) is 12. The lowest BCUT2D eigenvalue weighted by Crippen LogP contribution is -2.38.